The van der Waals surface area contributed by atoms with Gasteiger partial charge in [-0.25, -0.2) is 13.1 Å². The molecule has 0 bridgehead atoms. The molecule has 0 saturated carbocycles. The van der Waals surface area contributed by atoms with E-state index in [2.05, 4.69) is 51.3 Å². The molecule has 0 saturated heterocycles. The van der Waals surface area contributed by atoms with Gasteiger partial charge >= 0.3 is 0 Å². The number of anilines is 1. The van der Waals surface area contributed by atoms with E-state index in [1.807, 2.05) is 12.1 Å². The van der Waals surface area contributed by atoms with Gasteiger partial charge in [-0.2, -0.15) is 0 Å². The van der Waals surface area contributed by atoms with Crippen LogP contribution in [0.2, 0.25) is 0 Å². The van der Waals surface area contributed by atoms with Gasteiger partial charge in [0.25, 0.3) is 5.91 Å². The van der Waals surface area contributed by atoms with Crippen molar-refractivity contribution in [2.45, 2.75) is 24.4 Å². The maximum atomic E-state index is 12.5. The van der Waals surface area contributed by atoms with Crippen molar-refractivity contribution in [1.82, 2.24) is 10.0 Å². The van der Waals surface area contributed by atoms with Gasteiger partial charge in [0.1, 0.15) is 0 Å². The van der Waals surface area contributed by atoms with Gasteiger partial charge in [0, 0.05) is 30.9 Å². The summed E-state index contributed by atoms with van der Waals surface area (Å²) in [4.78, 5) is 14.9. The zero-order valence-electron chi connectivity index (χ0n) is 17.3. The number of sulfonamides is 1. The Morgan fingerprint density at radius 3 is 2.48 bits per heavy atom. The summed E-state index contributed by atoms with van der Waals surface area (Å²) in [5.74, 6) is -0.314. The number of nitrogens with one attached hydrogen (secondary N) is 2. The van der Waals surface area contributed by atoms with E-state index >= 15 is 0 Å². The average Bonchev–Trinajstić information content (AvgIpc) is 3.21. The third kappa shape index (κ3) is 4.78. The van der Waals surface area contributed by atoms with Crippen LogP contribution in [-0.4, -0.2) is 27.9 Å². The molecule has 0 aliphatic carbocycles. The summed E-state index contributed by atoms with van der Waals surface area (Å²) < 4.78 is 26.1. The van der Waals surface area contributed by atoms with Crippen LogP contribution in [-0.2, 0) is 29.5 Å². The topological polar surface area (TPSA) is 78.5 Å². The molecular formula is C24H25N3O3S. The van der Waals surface area contributed by atoms with Crippen molar-refractivity contribution in [1.29, 1.82) is 0 Å². The molecule has 0 fully saturated rings. The Hall–Kier alpha value is -3.16. The van der Waals surface area contributed by atoms with Gasteiger partial charge in [-0.15, -0.1) is 0 Å². The van der Waals surface area contributed by atoms with E-state index in [1.54, 1.807) is 12.1 Å². The van der Waals surface area contributed by atoms with E-state index in [0.717, 1.165) is 25.1 Å². The summed E-state index contributed by atoms with van der Waals surface area (Å²) >= 11 is 0. The van der Waals surface area contributed by atoms with Crippen molar-refractivity contribution in [3.8, 4) is 0 Å². The second kappa shape index (κ2) is 8.91. The number of benzene rings is 3. The first-order valence-corrected chi connectivity index (χ1v) is 11.7. The number of carbonyl (C=O) groups excluding carboxylic acids is 1. The molecule has 0 atom stereocenters. The minimum atomic E-state index is -3.59. The van der Waals surface area contributed by atoms with Crippen LogP contribution in [0, 0.1) is 0 Å². The Labute approximate surface area is 183 Å². The van der Waals surface area contributed by atoms with Crippen LogP contribution in [0.1, 0.15) is 27.0 Å². The summed E-state index contributed by atoms with van der Waals surface area (Å²) in [5.41, 5.74) is 5.21. The Kier molecular flexibility index (Phi) is 6.06. The molecule has 0 spiro atoms. The van der Waals surface area contributed by atoms with Gasteiger partial charge < -0.3 is 10.2 Å². The van der Waals surface area contributed by atoms with Crippen molar-refractivity contribution in [3.63, 3.8) is 0 Å². The third-order valence-corrected chi connectivity index (χ3v) is 6.92. The second-order valence-electron chi connectivity index (χ2n) is 7.53. The van der Waals surface area contributed by atoms with Crippen molar-refractivity contribution in [2.24, 2.45) is 0 Å². The van der Waals surface area contributed by atoms with Crippen molar-refractivity contribution in [3.05, 3.63) is 95.1 Å². The molecule has 1 aliphatic heterocycles. The van der Waals surface area contributed by atoms with Gasteiger partial charge in [0.05, 0.1) is 4.90 Å². The first-order valence-electron chi connectivity index (χ1n) is 10.2. The van der Waals surface area contributed by atoms with Crippen LogP contribution in [0.4, 0.5) is 5.69 Å². The monoisotopic (exact) mass is 435 g/mol. The number of amides is 1. The lowest BCUT2D eigenvalue weighted by molar-refractivity contribution is 0.0950. The van der Waals surface area contributed by atoms with Crippen LogP contribution in [0.3, 0.4) is 0 Å². The minimum absolute atomic E-state index is 0.0653. The predicted molar refractivity (Wildman–Crippen MR) is 121 cm³/mol. The minimum Gasteiger partial charge on any atom is -0.367 e. The average molecular weight is 436 g/mol. The quantitative estimate of drug-likeness (QED) is 0.598. The molecule has 0 aromatic heterocycles. The van der Waals surface area contributed by atoms with Gasteiger partial charge in [0.15, 0.2) is 0 Å². The van der Waals surface area contributed by atoms with Crippen molar-refractivity contribution >= 4 is 21.6 Å². The molecule has 160 valence electrons. The van der Waals surface area contributed by atoms with Crippen LogP contribution in [0.25, 0.3) is 0 Å². The molecule has 7 heteroatoms. The van der Waals surface area contributed by atoms with Gasteiger partial charge in [-0.3, -0.25) is 4.79 Å². The smallest absolute Gasteiger partial charge is 0.251 e. The molecule has 2 N–H and O–H groups in total. The molecule has 3 aromatic rings. The molecule has 6 nitrogen and oxygen atoms in total. The number of para-hydroxylation sites is 1. The summed E-state index contributed by atoms with van der Waals surface area (Å²) in [6, 6.07) is 22.7. The molecule has 31 heavy (non-hydrogen) atoms. The molecule has 3 aromatic carbocycles. The molecule has 0 radical (unpaired) electrons. The molecule has 1 aliphatic rings. The highest BCUT2D eigenvalue weighted by Crippen LogP contribution is 2.28. The lowest BCUT2D eigenvalue weighted by atomic mass is 10.1. The Balaban J connectivity index is 1.36. The highest BCUT2D eigenvalue weighted by atomic mass is 32.2. The standard InChI is InChI=1S/C24H25N3O3S/c1-25-31(29,30)22-7-4-6-21(15-22)24(28)26-16-18-9-11-19(12-10-18)17-27-14-13-20-5-2-3-8-23(20)27/h2-12,15,25H,13-14,16-17H2,1H3,(H,26,28). The number of hydrogen-bond acceptors (Lipinski definition) is 4. The Morgan fingerprint density at radius 1 is 0.968 bits per heavy atom. The van der Waals surface area contributed by atoms with Gasteiger partial charge in [-0.05, 0) is 54.4 Å². The van der Waals surface area contributed by atoms with E-state index in [4.69, 9.17) is 0 Å². The SMILES string of the molecule is CNS(=O)(=O)c1cccc(C(=O)NCc2ccc(CN3CCc4ccccc43)cc2)c1. The van der Waals surface area contributed by atoms with Gasteiger partial charge in [-0.1, -0.05) is 48.5 Å². The van der Waals surface area contributed by atoms with E-state index in [1.165, 1.54) is 36.0 Å². The number of hydrogen-bond donors (Lipinski definition) is 2. The number of nitrogens with zero attached hydrogens (tertiary/aromatic N) is 1. The second-order valence-corrected chi connectivity index (χ2v) is 9.42. The number of carbonyl (C=O) groups is 1. The van der Waals surface area contributed by atoms with Crippen LogP contribution < -0.4 is 14.9 Å². The van der Waals surface area contributed by atoms with E-state index in [9.17, 15) is 13.2 Å². The molecular weight excluding hydrogens is 410 g/mol. The van der Waals surface area contributed by atoms with Crippen LogP contribution >= 0.6 is 0 Å². The summed E-state index contributed by atoms with van der Waals surface area (Å²) in [5, 5.41) is 2.85. The summed E-state index contributed by atoms with van der Waals surface area (Å²) in [6.07, 6.45) is 1.08. The highest BCUT2D eigenvalue weighted by Gasteiger charge is 2.18. The maximum absolute atomic E-state index is 12.5. The lowest BCUT2D eigenvalue weighted by Gasteiger charge is -2.19. The molecule has 1 heterocycles. The fourth-order valence-electron chi connectivity index (χ4n) is 3.76. The molecule has 1 amide bonds. The predicted octanol–water partition coefficient (Wildman–Crippen LogP) is 3.09. The first-order chi connectivity index (χ1) is 15.0. The van der Waals surface area contributed by atoms with E-state index in [0.29, 0.717) is 12.1 Å². The number of fused-ring (bicyclic) bond motifs is 1. The fraction of sp³-hybridized carbons (Fsp3) is 0.208. The molecule has 0 unspecified atom stereocenters. The zero-order valence-corrected chi connectivity index (χ0v) is 18.2. The van der Waals surface area contributed by atoms with E-state index in [-0.39, 0.29) is 10.8 Å². The zero-order chi connectivity index (χ0) is 21.8. The summed E-state index contributed by atoms with van der Waals surface area (Å²) in [6.45, 7) is 2.25. The van der Waals surface area contributed by atoms with Crippen LogP contribution in [0.15, 0.2) is 77.7 Å². The van der Waals surface area contributed by atoms with E-state index < -0.39 is 10.0 Å². The third-order valence-electron chi connectivity index (χ3n) is 5.51. The lowest BCUT2D eigenvalue weighted by Crippen LogP contribution is -2.24. The molecule has 4 rings (SSSR count). The largest absolute Gasteiger partial charge is 0.367 e. The Bertz CT molecular complexity index is 1190. The van der Waals surface area contributed by atoms with Gasteiger partial charge in [0.2, 0.25) is 10.0 Å². The normalized spacial score (nSPS) is 13.1. The summed E-state index contributed by atoms with van der Waals surface area (Å²) in [7, 11) is -2.25. The first kappa shape index (κ1) is 21.1. The van der Waals surface area contributed by atoms with Crippen LogP contribution in [0.5, 0.6) is 0 Å². The van der Waals surface area contributed by atoms with Crippen molar-refractivity contribution < 1.29 is 13.2 Å². The fourth-order valence-corrected chi connectivity index (χ4v) is 4.54. The number of rotatable bonds is 7. The van der Waals surface area contributed by atoms with Crippen molar-refractivity contribution in [2.75, 3.05) is 18.5 Å². The highest BCUT2D eigenvalue weighted by molar-refractivity contribution is 7.89. The maximum Gasteiger partial charge on any atom is 0.251 e. The Morgan fingerprint density at radius 2 is 1.71 bits per heavy atom.